The van der Waals surface area contributed by atoms with Crippen molar-refractivity contribution >= 4 is 11.7 Å². The summed E-state index contributed by atoms with van der Waals surface area (Å²) in [6.07, 6.45) is -6.61. The molecule has 0 atom stereocenters. The molecule has 0 saturated carbocycles. The summed E-state index contributed by atoms with van der Waals surface area (Å²) in [7, 11) is 0. The number of hydrogen-bond donors (Lipinski definition) is 0. The number of anilines is 1. The normalized spacial score (nSPS) is 19.4. The minimum atomic E-state index is -4.76. The number of aromatic nitrogens is 3. The number of rotatable bonds is 3. The van der Waals surface area contributed by atoms with E-state index in [1.807, 2.05) is 9.80 Å². The van der Waals surface area contributed by atoms with Crippen LogP contribution in [0.2, 0.25) is 0 Å². The Morgan fingerprint density at radius 1 is 1.00 bits per heavy atom. The fourth-order valence-corrected chi connectivity index (χ4v) is 4.72. The molecule has 0 spiro atoms. The Hall–Kier alpha value is -2.83. The molecule has 192 valence electrons. The number of alkyl halides is 6. The number of nitrogens with zero attached hydrogens (tertiary/aromatic N) is 6. The Labute approximate surface area is 198 Å². The first-order chi connectivity index (χ1) is 16.3. The Morgan fingerprint density at radius 2 is 1.69 bits per heavy atom. The topological polar surface area (TPSA) is 57.5 Å². The van der Waals surface area contributed by atoms with Crippen LogP contribution in [0.25, 0.3) is 0 Å². The van der Waals surface area contributed by atoms with E-state index in [0.29, 0.717) is 43.1 Å². The molecule has 2 aromatic rings. The Morgan fingerprint density at radius 3 is 2.26 bits per heavy atom. The molecule has 2 fully saturated rings. The fraction of sp³-hybridized carbons (Fsp3) is 0.591. The highest BCUT2D eigenvalue weighted by molar-refractivity contribution is 5.76. The zero-order valence-corrected chi connectivity index (χ0v) is 19.3. The van der Waals surface area contributed by atoms with Gasteiger partial charge in [0.25, 0.3) is 5.82 Å². The van der Waals surface area contributed by atoms with Crippen LogP contribution in [0.3, 0.4) is 0 Å². The average Bonchev–Trinajstić information content (AvgIpc) is 3.44. The van der Waals surface area contributed by atoms with Crippen LogP contribution in [0.4, 0.5) is 36.8 Å². The van der Waals surface area contributed by atoms with Gasteiger partial charge < -0.3 is 9.80 Å². The maximum Gasteiger partial charge on any atom is 0.453 e. The van der Waals surface area contributed by atoms with Crippen LogP contribution in [0.1, 0.15) is 43.6 Å². The fourth-order valence-electron chi connectivity index (χ4n) is 4.72. The number of benzene rings is 1. The summed E-state index contributed by atoms with van der Waals surface area (Å²) < 4.78 is 79.0. The van der Waals surface area contributed by atoms with Gasteiger partial charge >= 0.3 is 18.4 Å². The van der Waals surface area contributed by atoms with Crippen molar-refractivity contribution in [2.45, 2.75) is 51.1 Å². The van der Waals surface area contributed by atoms with Crippen molar-refractivity contribution in [2.24, 2.45) is 0 Å². The molecule has 0 N–H and O–H groups in total. The molecule has 35 heavy (non-hydrogen) atoms. The summed E-state index contributed by atoms with van der Waals surface area (Å²) in [5.41, 5.74) is -0.123. The van der Waals surface area contributed by atoms with Gasteiger partial charge in [0.05, 0.1) is 11.1 Å². The van der Waals surface area contributed by atoms with E-state index in [0.717, 1.165) is 30.8 Å². The lowest BCUT2D eigenvalue weighted by Crippen LogP contribution is -2.61. The Balaban J connectivity index is 1.50. The van der Waals surface area contributed by atoms with Gasteiger partial charge in [0.1, 0.15) is 6.33 Å². The second kappa shape index (κ2) is 8.99. The molecule has 0 aliphatic carbocycles. The predicted octanol–water partition coefficient (Wildman–Crippen LogP) is 4.48. The van der Waals surface area contributed by atoms with Crippen molar-refractivity contribution in [3.05, 3.63) is 41.5 Å². The molecular weight excluding hydrogens is 478 g/mol. The van der Waals surface area contributed by atoms with E-state index in [-0.39, 0.29) is 6.54 Å². The van der Waals surface area contributed by atoms with Gasteiger partial charge in [0.15, 0.2) is 0 Å². The third-order valence-electron chi connectivity index (χ3n) is 6.41. The Kier molecular flexibility index (Phi) is 6.49. The van der Waals surface area contributed by atoms with E-state index in [2.05, 4.69) is 10.1 Å². The first kappa shape index (κ1) is 25.3. The number of carbonyl (C=O) groups excluding carboxylic acids is 1. The second-order valence-electron chi connectivity index (χ2n) is 9.50. The summed E-state index contributed by atoms with van der Waals surface area (Å²) in [4.78, 5) is 21.5. The molecule has 2 aliphatic heterocycles. The molecule has 7 nitrogen and oxygen atoms in total. The highest BCUT2D eigenvalue weighted by Crippen LogP contribution is 2.36. The summed E-state index contributed by atoms with van der Waals surface area (Å²) >= 11 is 0. The van der Waals surface area contributed by atoms with Gasteiger partial charge in [-0.25, -0.2) is 9.78 Å². The van der Waals surface area contributed by atoms with E-state index in [1.54, 1.807) is 13.8 Å². The van der Waals surface area contributed by atoms with Crippen LogP contribution in [-0.4, -0.2) is 68.9 Å². The summed E-state index contributed by atoms with van der Waals surface area (Å²) in [6, 6.07) is 3.08. The standard InChI is InChI=1S/C22H26F6N6O/c1-20(2)13-31(9-10-33(20)19(35)34-14-29-18(30-34)22(26,27)28)12-15-5-6-16(21(23,24)25)11-17(15)32-7-3-4-8-32/h5-6,11,14H,3-4,7-10,12-13H2,1-2H3. The first-order valence-electron chi connectivity index (χ1n) is 11.2. The van der Waals surface area contributed by atoms with Crippen molar-refractivity contribution in [3.63, 3.8) is 0 Å². The van der Waals surface area contributed by atoms with Gasteiger partial charge in [-0.05, 0) is 44.4 Å². The number of halogens is 6. The van der Waals surface area contributed by atoms with Crippen molar-refractivity contribution in [2.75, 3.05) is 37.6 Å². The van der Waals surface area contributed by atoms with Gasteiger partial charge in [-0.15, -0.1) is 5.10 Å². The predicted molar refractivity (Wildman–Crippen MR) is 115 cm³/mol. The number of carbonyl (C=O) groups is 1. The minimum Gasteiger partial charge on any atom is -0.371 e. The van der Waals surface area contributed by atoms with E-state index < -0.39 is 35.3 Å². The second-order valence-corrected chi connectivity index (χ2v) is 9.50. The average molecular weight is 504 g/mol. The number of hydrogen-bond acceptors (Lipinski definition) is 5. The zero-order valence-electron chi connectivity index (χ0n) is 19.3. The van der Waals surface area contributed by atoms with E-state index in [9.17, 15) is 31.1 Å². The smallest absolute Gasteiger partial charge is 0.371 e. The third-order valence-corrected chi connectivity index (χ3v) is 6.41. The number of piperazine rings is 1. The maximum atomic E-state index is 13.3. The zero-order chi connectivity index (χ0) is 25.6. The van der Waals surface area contributed by atoms with Crippen molar-refractivity contribution in [3.8, 4) is 0 Å². The van der Waals surface area contributed by atoms with Gasteiger partial charge in [-0.1, -0.05) is 6.07 Å². The lowest BCUT2D eigenvalue weighted by atomic mass is 9.98. The molecule has 4 rings (SSSR count). The van der Waals surface area contributed by atoms with Gasteiger partial charge in [-0.2, -0.15) is 31.0 Å². The van der Waals surface area contributed by atoms with Crippen molar-refractivity contribution in [1.82, 2.24) is 24.6 Å². The lowest BCUT2D eigenvalue weighted by Gasteiger charge is -2.47. The molecular formula is C22H26F6N6O. The molecule has 1 aromatic heterocycles. The molecule has 1 aromatic carbocycles. The Bertz CT molecular complexity index is 1070. The molecule has 0 radical (unpaired) electrons. The van der Waals surface area contributed by atoms with Crippen LogP contribution >= 0.6 is 0 Å². The van der Waals surface area contributed by atoms with E-state index in [4.69, 9.17) is 0 Å². The third kappa shape index (κ3) is 5.39. The molecule has 0 bridgehead atoms. The van der Waals surface area contributed by atoms with Gasteiger partial charge in [-0.3, -0.25) is 4.90 Å². The summed E-state index contributed by atoms with van der Waals surface area (Å²) in [6.45, 7) is 6.33. The monoisotopic (exact) mass is 504 g/mol. The highest BCUT2D eigenvalue weighted by atomic mass is 19.4. The highest BCUT2D eigenvalue weighted by Gasteiger charge is 2.40. The minimum absolute atomic E-state index is 0.215. The van der Waals surface area contributed by atoms with Crippen LogP contribution in [0.5, 0.6) is 0 Å². The van der Waals surface area contributed by atoms with E-state index >= 15 is 0 Å². The summed E-state index contributed by atoms with van der Waals surface area (Å²) in [5.74, 6) is -1.39. The molecule has 2 saturated heterocycles. The van der Waals surface area contributed by atoms with Gasteiger partial charge in [0, 0.05) is 45.0 Å². The molecule has 13 heteroatoms. The number of amides is 1. The van der Waals surface area contributed by atoms with Crippen LogP contribution in [0, 0.1) is 0 Å². The van der Waals surface area contributed by atoms with Crippen LogP contribution in [-0.2, 0) is 18.9 Å². The lowest BCUT2D eigenvalue weighted by molar-refractivity contribution is -0.144. The molecule has 1 amide bonds. The van der Waals surface area contributed by atoms with Crippen molar-refractivity contribution < 1.29 is 31.1 Å². The molecule has 0 unspecified atom stereocenters. The van der Waals surface area contributed by atoms with E-state index in [1.165, 1.54) is 17.0 Å². The maximum absolute atomic E-state index is 13.3. The molecule has 3 heterocycles. The van der Waals surface area contributed by atoms with Crippen molar-refractivity contribution in [1.29, 1.82) is 0 Å². The molecule has 2 aliphatic rings. The van der Waals surface area contributed by atoms with Crippen LogP contribution < -0.4 is 4.90 Å². The first-order valence-corrected chi connectivity index (χ1v) is 11.2. The van der Waals surface area contributed by atoms with Gasteiger partial charge in [0.2, 0.25) is 0 Å². The largest absolute Gasteiger partial charge is 0.453 e. The summed E-state index contributed by atoms with van der Waals surface area (Å²) in [5, 5.41) is 3.27. The van der Waals surface area contributed by atoms with Crippen LogP contribution in [0.15, 0.2) is 24.5 Å². The quantitative estimate of drug-likeness (QED) is 0.577. The SMILES string of the molecule is CC1(C)CN(Cc2ccc(C(F)(F)F)cc2N2CCCC2)CCN1C(=O)n1cnc(C(F)(F)F)n1.